The van der Waals surface area contributed by atoms with Crippen LogP contribution in [0, 0.1) is 0 Å². The summed E-state index contributed by atoms with van der Waals surface area (Å²) in [4.78, 5) is 29.3. The fraction of sp³-hybridized carbons (Fsp3) is 0.263. The number of amides is 2. The molecule has 0 unspecified atom stereocenters. The minimum atomic E-state index is -0.162. The van der Waals surface area contributed by atoms with Crippen molar-refractivity contribution in [2.75, 3.05) is 26.2 Å². The van der Waals surface area contributed by atoms with Crippen molar-refractivity contribution in [3.63, 3.8) is 0 Å². The Morgan fingerprint density at radius 3 is 2.32 bits per heavy atom. The number of aromatic nitrogens is 3. The van der Waals surface area contributed by atoms with E-state index in [2.05, 4.69) is 10.3 Å². The van der Waals surface area contributed by atoms with Gasteiger partial charge >= 0.3 is 0 Å². The Bertz CT molecular complexity index is 963. The minimum Gasteiger partial charge on any atom is -0.334 e. The maximum Gasteiger partial charge on any atom is 0.276 e. The van der Waals surface area contributed by atoms with Crippen molar-refractivity contribution in [1.82, 2.24) is 24.8 Å². The van der Waals surface area contributed by atoms with Crippen molar-refractivity contribution in [1.29, 1.82) is 0 Å². The van der Waals surface area contributed by atoms with Gasteiger partial charge in [0, 0.05) is 31.2 Å². The van der Waals surface area contributed by atoms with Crippen LogP contribution in [0.25, 0.3) is 0 Å². The van der Waals surface area contributed by atoms with Gasteiger partial charge in [0.15, 0.2) is 5.69 Å². The van der Waals surface area contributed by atoms with Crippen LogP contribution in [0.15, 0.2) is 48.0 Å². The van der Waals surface area contributed by atoms with Crippen LogP contribution in [0.5, 0.6) is 0 Å². The van der Waals surface area contributed by atoms with Crippen LogP contribution in [0.2, 0.25) is 5.02 Å². The number of carbonyl (C=O) groups is 2. The Hall–Kier alpha value is -2.71. The molecule has 0 atom stereocenters. The molecule has 0 radical (unpaired) electrons. The first-order chi connectivity index (χ1) is 13.6. The second kappa shape index (κ2) is 8.12. The van der Waals surface area contributed by atoms with E-state index in [-0.39, 0.29) is 11.8 Å². The minimum absolute atomic E-state index is 0.0241. The van der Waals surface area contributed by atoms with E-state index in [4.69, 9.17) is 11.6 Å². The molecule has 0 bridgehead atoms. The molecular formula is C19H18ClN5O2S. The summed E-state index contributed by atoms with van der Waals surface area (Å²) in [7, 11) is 0. The highest BCUT2D eigenvalue weighted by atomic mass is 35.5. The van der Waals surface area contributed by atoms with Gasteiger partial charge in [-0.15, -0.1) is 16.4 Å². The Morgan fingerprint density at radius 1 is 1.00 bits per heavy atom. The fourth-order valence-corrected chi connectivity index (χ4v) is 3.90. The second-order valence-electron chi connectivity index (χ2n) is 6.49. The van der Waals surface area contributed by atoms with E-state index < -0.39 is 0 Å². The van der Waals surface area contributed by atoms with E-state index in [1.807, 2.05) is 41.8 Å². The molecule has 1 aliphatic heterocycles. The first-order valence-corrected chi connectivity index (χ1v) is 10.1. The molecule has 0 saturated carbocycles. The highest BCUT2D eigenvalue weighted by molar-refractivity contribution is 7.12. The smallest absolute Gasteiger partial charge is 0.276 e. The Balaban J connectivity index is 1.35. The lowest BCUT2D eigenvalue weighted by Crippen LogP contribution is -2.50. The van der Waals surface area contributed by atoms with Gasteiger partial charge in [-0.25, -0.2) is 4.68 Å². The number of hydrogen-bond acceptors (Lipinski definition) is 5. The van der Waals surface area contributed by atoms with E-state index in [0.717, 1.165) is 10.4 Å². The molecule has 28 heavy (non-hydrogen) atoms. The molecule has 9 heteroatoms. The number of carbonyl (C=O) groups excluding carboxylic acids is 2. The summed E-state index contributed by atoms with van der Waals surface area (Å²) in [5, 5.41) is 10.6. The molecule has 3 aromatic rings. The van der Waals surface area contributed by atoms with E-state index >= 15 is 0 Å². The summed E-state index contributed by atoms with van der Waals surface area (Å²) >= 11 is 7.33. The highest BCUT2D eigenvalue weighted by Crippen LogP contribution is 2.15. The average molecular weight is 416 g/mol. The molecule has 0 spiro atoms. The largest absolute Gasteiger partial charge is 0.334 e. The van der Waals surface area contributed by atoms with Crippen molar-refractivity contribution in [3.8, 4) is 0 Å². The van der Waals surface area contributed by atoms with Crippen LogP contribution in [0.3, 0.4) is 0 Å². The molecule has 1 aromatic carbocycles. The molecule has 144 valence electrons. The lowest BCUT2D eigenvalue weighted by atomic mass is 10.2. The van der Waals surface area contributed by atoms with Gasteiger partial charge in [0.1, 0.15) is 0 Å². The second-order valence-corrected chi connectivity index (χ2v) is 7.87. The van der Waals surface area contributed by atoms with Crippen molar-refractivity contribution in [2.45, 2.75) is 6.54 Å². The summed E-state index contributed by atoms with van der Waals surface area (Å²) in [6.07, 6.45) is 1.65. The van der Waals surface area contributed by atoms with Gasteiger partial charge in [-0.2, -0.15) is 0 Å². The fourth-order valence-electron chi connectivity index (χ4n) is 3.08. The Morgan fingerprint density at radius 2 is 1.68 bits per heavy atom. The number of hydrogen-bond donors (Lipinski definition) is 0. The van der Waals surface area contributed by atoms with Crippen LogP contribution < -0.4 is 0 Å². The number of piperazine rings is 1. The Labute approximate surface area is 171 Å². The summed E-state index contributed by atoms with van der Waals surface area (Å²) < 4.78 is 1.63. The highest BCUT2D eigenvalue weighted by Gasteiger charge is 2.27. The molecule has 2 amide bonds. The van der Waals surface area contributed by atoms with E-state index in [1.165, 1.54) is 11.3 Å². The van der Waals surface area contributed by atoms with Gasteiger partial charge in [0.2, 0.25) is 0 Å². The third kappa shape index (κ3) is 4.07. The SMILES string of the molecule is O=C(c1cn(Cc2ccc(Cl)cc2)nn1)N1CCN(C(=O)c2cccs2)CC1. The Kier molecular flexibility index (Phi) is 5.40. The molecule has 7 nitrogen and oxygen atoms in total. The van der Waals surface area contributed by atoms with Crippen molar-refractivity contribution >= 4 is 34.8 Å². The van der Waals surface area contributed by atoms with Gasteiger partial charge in [0.25, 0.3) is 11.8 Å². The maximum absolute atomic E-state index is 12.7. The van der Waals surface area contributed by atoms with Crippen LogP contribution in [-0.4, -0.2) is 62.8 Å². The topological polar surface area (TPSA) is 71.3 Å². The summed E-state index contributed by atoms with van der Waals surface area (Å²) in [6, 6.07) is 11.1. The van der Waals surface area contributed by atoms with E-state index in [0.29, 0.717) is 43.4 Å². The molecule has 4 rings (SSSR count). The van der Waals surface area contributed by atoms with Gasteiger partial charge in [0.05, 0.1) is 17.6 Å². The molecule has 1 aliphatic rings. The lowest BCUT2D eigenvalue weighted by molar-refractivity contribution is 0.0535. The molecular weight excluding hydrogens is 398 g/mol. The van der Waals surface area contributed by atoms with Crippen molar-refractivity contribution < 1.29 is 9.59 Å². The van der Waals surface area contributed by atoms with Gasteiger partial charge in [-0.1, -0.05) is 35.0 Å². The summed E-state index contributed by atoms with van der Waals surface area (Å²) in [5.41, 5.74) is 1.33. The molecule has 3 heterocycles. The first-order valence-electron chi connectivity index (χ1n) is 8.87. The number of nitrogens with zero attached hydrogens (tertiary/aromatic N) is 5. The zero-order valence-corrected chi connectivity index (χ0v) is 16.6. The molecule has 1 fully saturated rings. The van der Waals surface area contributed by atoms with Gasteiger partial charge < -0.3 is 9.80 Å². The number of rotatable bonds is 4. The van der Waals surface area contributed by atoms with Gasteiger partial charge in [-0.05, 0) is 29.1 Å². The molecule has 1 saturated heterocycles. The van der Waals surface area contributed by atoms with Gasteiger partial charge in [-0.3, -0.25) is 9.59 Å². The average Bonchev–Trinajstić information content (AvgIpc) is 3.41. The lowest BCUT2D eigenvalue weighted by Gasteiger charge is -2.34. The molecule has 2 aromatic heterocycles. The maximum atomic E-state index is 12.7. The zero-order chi connectivity index (χ0) is 19.5. The van der Waals surface area contributed by atoms with Crippen LogP contribution in [0.4, 0.5) is 0 Å². The normalized spacial score (nSPS) is 14.3. The predicted octanol–water partition coefficient (Wildman–Crippen LogP) is 2.64. The van der Waals surface area contributed by atoms with Crippen LogP contribution in [0.1, 0.15) is 25.7 Å². The summed E-state index contributed by atoms with van der Waals surface area (Å²) in [6.45, 7) is 2.52. The third-order valence-electron chi connectivity index (χ3n) is 4.60. The monoisotopic (exact) mass is 415 g/mol. The van der Waals surface area contributed by atoms with Crippen LogP contribution in [-0.2, 0) is 6.54 Å². The number of thiophene rings is 1. The molecule has 0 aliphatic carbocycles. The predicted molar refractivity (Wildman–Crippen MR) is 107 cm³/mol. The third-order valence-corrected chi connectivity index (χ3v) is 5.71. The number of benzene rings is 1. The zero-order valence-electron chi connectivity index (χ0n) is 15.0. The van der Waals surface area contributed by atoms with E-state index in [9.17, 15) is 9.59 Å². The molecule has 0 N–H and O–H groups in total. The van der Waals surface area contributed by atoms with Crippen molar-refractivity contribution in [2.24, 2.45) is 0 Å². The quantitative estimate of drug-likeness (QED) is 0.656. The standard InChI is InChI=1S/C19H18ClN5O2S/c20-15-5-3-14(4-6-15)12-25-13-16(21-22-25)18(26)23-7-9-24(10-8-23)19(27)17-2-1-11-28-17/h1-6,11,13H,7-10,12H2. The summed E-state index contributed by atoms with van der Waals surface area (Å²) in [5.74, 6) is -0.137. The van der Waals surface area contributed by atoms with Crippen LogP contribution >= 0.6 is 22.9 Å². The first kappa shape index (κ1) is 18.6. The number of halogens is 1. The van der Waals surface area contributed by atoms with Crippen molar-refractivity contribution in [3.05, 3.63) is 69.1 Å². The van der Waals surface area contributed by atoms with E-state index in [1.54, 1.807) is 20.7 Å².